The van der Waals surface area contributed by atoms with Gasteiger partial charge in [0.2, 0.25) is 5.28 Å². The number of nitrogens with zero attached hydrogens (tertiary/aromatic N) is 3. The average molecular weight is 271 g/mol. The van der Waals surface area contributed by atoms with Crippen molar-refractivity contribution in [3.05, 3.63) is 53.6 Å². The van der Waals surface area contributed by atoms with Crippen LogP contribution in [0.4, 0.5) is 11.5 Å². The molecule has 4 nitrogen and oxygen atoms in total. The first kappa shape index (κ1) is 11.9. The van der Waals surface area contributed by atoms with Gasteiger partial charge in [0.05, 0.1) is 11.2 Å². The highest BCUT2D eigenvalue weighted by Gasteiger charge is 2.04. The number of halogens is 1. The number of pyridine rings is 1. The van der Waals surface area contributed by atoms with Crippen LogP contribution in [0.25, 0.3) is 10.9 Å². The standard InChI is InChI=1S/C14H11ClN4/c1-9-5-6-10-3-2-4-11(13(10)17-9)18-12-7-8-16-14(15)19-12/h2-8H,1H3,(H,16,18,19). The van der Waals surface area contributed by atoms with Gasteiger partial charge in [-0.05, 0) is 36.7 Å². The largest absolute Gasteiger partial charge is 0.338 e. The fraction of sp³-hybridized carbons (Fsp3) is 0.0714. The Morgan fingerprint density at radius 2 is 1.95 bits per heavy atom. The first-order chi connectivity index (χ1) is 9.22. The lowest BCUT2D eigenvalue weighted by Crippen LogP contribution is -1.96. The Morgan fingerprint density at radius 3 is 2.79 bits per heavy atom. The normalized spacial score (nSPS) is 10.6. The van der Waals surface area contributed by atoms with Gasteiger partial charge in [0.15, 0.2) is 0 Å². The van der Waals surface area contributed by atoms with Gasteiger partial charge in [0.25, 0.3) is 0 Å². The van der Waals surface area contributed by atoms with Crippen LogP contribution in [-0.2, 0) is 0 Å². The zero-order valence-electron chi connectivity index (χ0n) is 10.3. The SMILES string of the molecule is Cc1ccc2cccc(Nc3ccnc(Cl)n3)c2n1. The molecule has 3 aromatic rings. The van der Waals surface area contributed by atoms with E-state index in [-0.39, 0.29) is 5.28 Å². The molecule has 0 fully saturated rings. The summed E-state index contributed by atoms with van der Waals surface area (Å²) in [5.74, 6) is 0.649. The van der Waals surface area contributed by atoms with Gasteiger partial charge in [-0.25, -0.2) is 9.97 Å². The molecule has 0 atom stereocenters. The quantitative estimate of drug-likeness (QED) is 0.721. The molecule has 0 bridgehead atoms. The fourth-order valence-corrected chi connectivity index (χ4v) is 2.04. The van der Waals surface area contributed by atoms with Crippen LogP contribution in [0.15, 0.2) is 42.6 Å². The summed E-state index contributed by atoms with van der Waals surface area (Å²) in [6, 6.07) is 11.8. The van der Waals surface area contributed by atoms with Crippen molar-refractivity contribution < 1.29 is 0 Å². The van der Waals surface area contributed by atoms with Crippen molar-refractivity contribution in [1.29, 1.82) is 0 Å². The summed E-state index contributed by atoms with van der Waals surface area (Å²) in [5, 5.41) is 4.51. The molecule has 0 saturated carbocycles. The first-order valence-electron chi connectivity index (χ1n) is 5.84. The number of anilines is 2. The molecule has 0 amide bonds. The van der Waals surface area contributed by atoms with Crippen LogP contribution in [0.5, 0.6) is 0 Å². The lowest BCUT2D eigenvalue weighted by molar-refractivity contribution is 1.17. The van der Waals surface area contributed by atoms with Crippen molar-refractivity contribution in [1.82, 2.24) is 15.0 Å². The minimum absolute atomic E-state index is 0.217. The summed E-state index contributed by atoms with van der Waals surface area (Å²) in [5.41, 5.74) is 2.79. The summed E-state index contributed by atoms with van der Waals surface area (Å²) in [4.78, 5) is 12.5. The van der Waals surface area contributed by atoms with Gasteiger partial charge in [0.1, 0.15) is 5.82 Å². The summed E-state index contributed by atoms with van der Waals surface area (Å²) in [6.45, 7) is 1.97. The number of nitrogens with one attached hydrogen (secondary N) is 1. The highest BCUT2D eigenvalue weighted by Crippen LogP contribution is 2.24. The van der Waals surface area contributed by atoms with E-state index in [9.17, 15) is 0 Å². The predicted molar refractivity (Wildman–Crippen MR) is 76.8 cm³/mol. The molecule has 0 unspecified atom stereocenters. The van der Waals surface area contributed by atoms with Crippen LogP contribution in [0, 0.1) is 6.92 Å². The van der Waals surface area contributed by atoms with E-state index in [1.165, 1.54) is 0 Å². The molecule has 1 aromatic carbocycles. The predicted octanol–water partition coefficient (Wildman–Crippen LogP) is 3.73. The summed E-state index contributed by atoms with van der Waals surface area (Å²) in [7, 11) is 0. The Kier molecular flexibility index (Phi) is 3.01. The third-order valence-corrected chi connectivity index (χ3v) is 2.93. The highest BCUT2D eigenvalue weighted by atomic mass is 35.5. The van der Waals surface area contributed by atoms with Crippen molar-refractivity contribution in [3.63, 3.8) is 0 Å². The highest BCUT2D eigenvalue weighted by molar-refractivity contribution is 6.28. The Morgan fingerprint density at radius 1 is 1.05 bits per heavy atom. The minimum Gasteiger partial charge on any atom is -0.338 e. The second-order valence-electron chi connectivity index (χ2n) is 4.17. The molecule has 0 radical (unpaired) electrons. The van der Waals surface area contributed by atoms with E-state index in [0.717, 1.165) is 22.3 Å². The zero-order chi connectivity index (χ0) is 13.2. The molecule has 5 heteroatoms. The van der Waals surface area contributed by atoms with E-state index in [0.29, 0.717) is 5.82 Å². The molecule has 0 aliphatic rings. The molecule has 3 rings (SSSR count). The van der Waals surface area contributed by atoms with Gasteiger partial charge < -0.3 is 5.32 Å². The Hall–Kier alpha value is -2.20. The minimum atomic E-state index is 0.217. The zero-order valence-corrected chi connectivity index (χ0v) is 11.0. The van der Waals surface area contributed by atoms with Crippen LogP contribution in [0.2, 0.25) is 5.28 Å². The molecule has 0 aliphatic carbocycles. The third-order valence-electron chi connectivity index (χ3n) is 2.75. The molecule has 19 heavy (non-hydrogen) atoms. The fourth-order valence-electron chi connectivity index (χ4n) is 1.89. The van der Waals surface area contributed by atoms with Crippen LogP contribution in [0.1, 0.15) is 5.69 Å². The second-order valence-corrected chi connectivity index (χ2v) is 4.50. The molecule has 2 aromatic heterocycles. The van der Waals surface area contributed by atoms with E-state index < -0.39 is 0 Å². The topological polar surface area (TPSA) is 50.7 Å². The Bertz CT molecular complexity index is 742. The number of aromatic nitrogens is 3. The van der Waals surface area contributed by atoms with Crippen molar-refractivity contribution in [3.8, 4) is 0 Å². The maximum absolute atomic E-state index is 5.78. The number of hydrogen-bond donors (Lipinski definition) is 1. The molecular weight excluding hydrogens is 260 g/mol. The lowest BCUT2D eigenvalue weighted by Gasteiger charge is -2.08. The number of para-hydroxylation sites is 1. The van der Waals surface area contributed by atoms with Gasteiger partial charge >= 0.3 is 0 Å². The molecule has 0 spiro atoms. The van der Waals surface area contributed by atoms with Crippen molar-refractivity contribution in [2.75, 3.05) is 5.32 Å². The van der Waals surface area contributed by atoms with Crippen LogP contribution < -0.4 is 5.32 Å². The van der Waals surface area contributed by atoms with Crippen LogP contribution in [0.3, 0.4) is 0 Å². The van der Waals surface area contributed by atoms with Crippen molar-refractivity contribution in [2.24, 2.45) is 0 Å². The lowest BCUT2D eigenvalue weighted by atomic mass is 10.1. The molecule has 0 aliphatic heterocycles. The second kappa shape index (κ2) is 4.82. The number of hydrogen-bond acceptors (Lipinski definition) is 4. The monoisotopic (exact) mass is 270 g/mol. The molecule has 2 heterocycles. The van der Waals surface area contributed by atoms with Gasteiger partial charge in [-0.1, -0.05) is 18.2 Å². The van der Waals surface area contributed by atoms with Crippen LogP contribution in [-0.4, -0.2) is 15.0 Å². The van der Waals surface area contributed by atoms with E-state index in [4.69, 9.17) is 11.6 Å². The van der Waals surface area contributed by atoms with Gasteiger partial charge in [-0.2, -0.15) is 0 Å². The van der Waals surface area contributed by atoms with Gasteiger partial charge in [-0.15, -0.1) is 0 Å². The number of fused-ring (bicyclic) bond motifs is 1. The van der Waals surface area contributed by atoms with Gasteiger partial charge in [0, 0.05) is 17.3 Å². The first-order valence-corrected chi connectivity index (χ1v) is 6.22. The molecule has 94 valence electrons. The van der Waals surface area contributed by atoms with E-state index >= 15 is 0 Å². The van der Waals surface area contributed by atoms with Crippen molar-refractivity contribution >= 4 is 34.0 Å². The summed E-state index contributed by atoms with van der Waals surface area (Å²) >= 11 is 5.78. The Balaban J connectivity index is 2.07. The number of rotatable bonds is 2. The van der Waals surface area contributed by atoms with E-state index in [1.807, 2.05) is 31.2 Å². The van der Waals surface area contributed by atoms with E-state index in [1.54, 1.807) is 12.3 Å². The van der Waals surface area contributed by atoms with E-state index in [2.05, 4.69) is 26.3 Å². The average Bonchev–Trinajstić information content (AvgIpc) is 2.39. The van der Waals surface area contributed by atoms with Gasteiger partial charge in [-0.3, -0.25) is 4.98 Å². The van der Waals surface area contributed by atoms with Crippen molar-refractivity contribution in [2.45, 2.75) is 6.92 Å². The smallest absolute Gasteiger partial charge is 0.224 e. The maximum atomic E-state index is 5.78. The summed E-state index contributed by atoms with van der Waals surface area (Å²) in [6.07, 6.45) is 1.61. The maximum Gasteiger partial charge on any atom is 0.224 e. The molecular formula is C14H11ClN4. The molecule has 1 N–H and O–H groups in total. The Labute approximate surface area is 115 Å². The molecule has 0 saturated heterocycles. The summed E-state index contributed by atoms with van der Waals surface area (Å²) < 4.78 is 0. The third kappa shape index (κ3) is 2.48. The van der Waals surface area contributed by atoms with Crippen LogP contribution >= 0.6 is 11.6 Å². The number of aryl methyl sites for hydroxylation is 1. The number of benzene rings is 1.